The highest BCUT2D eigenvalue weighted by atomic mass is 16.5. The lowest BCUT2D eigenvalue weighted by molar-refractivity contribution is -0.126. The average molecular weight is 247 g/mol. The van der Waals surface area contributed by atoms with Gasteiger partial charge in [0.25, 0.3) is 5.91 Å². The molecule has 1 heterocycles. The fourth-order valence-corrected chi connectivity index (χ4v) is 1.53. The van der Waals surface area contributed by atoms with Gasteiger partial charge in [-0.05, 0) is 16.0 Å². The monoisotopic (exact) mass is 247 g/mol. The van der Waals surface area contributed by atoms with Gasteiger partial charge in [0.1, 0.15) is 0 Å². The quantitative estimate of drug-likeness (QED) is 0.852. The van der Waals surface area contributed by atoms with E-state index in [1.807, 2.05) is 30.3 Å². The van der Waals surface area contributed by atoms with Gasteiger partial charge in [-0.25, -0.2) is 4.68 Å². The molecule has 0 spiro atoms. The first kappa shape index (κ1) is 12.2. The van der Waals surface area contributed by atoms with Crippen LogP contribution in [0.2, 0.25) is 0 Å². The molecule has 0 aliphatic heterocycles. The number of methoxy groups -OCH3 is 1. The van der Waals surface area contributed by atoms with Crippen LogP contribution in [0.15, 0.2) is 30.3 Å². The highest BCUT2D eigenvalue weighted by molar-refractivity contribution is 5.93. The number of amides is 1. The second kappa shape index (κ2) is 5.37. The third-order valence-corrected chi connectivity index (χ3v) is 2.43. The summed E-state index contributed by atoms with van der Waals surface area (Å²) in [4.78, 5) is 12.0. The number of rotatable bonds is 4. The number of benzene rings is 1. The van der Waals surface area contributed by atoms with Crippen LogP contribution in [0.5, 0.6) is 0 Å². The Balaban J connectivity index is 2.14. The van der Waals surface area contributed by atoms with Gasteiger partial charge in [-0.1, -0.05) is 35.4 Å². The number of carbonyl (C=O) groups excluding carboxylic acids is 1. The Bertz CT molecular complexity index is 525. The third kappa shape index (κ3) is 2.51. The number of carbonyl (C=O) groups is 1. The lowest BCUT2D eigenvalue weighted by Crippen LogP contribution is -2.24. The Labute approximate surface area is 104 Å². The minimum absolute atomic E-state index is 0.276. The summed E-state index contributed by atoms with van der Waals surface area (Å²) in [6.07, 6.45) is -0.692. The fraction of sp³-hybridized carbons (Fsp3) is 0.273. The molecule has 0 fully saturated rings. The Kier molecular flexibility index (Phi) is 3.63. The zero-order valence-electron chi connectivity index (χ0n) is 10.1. The first-order valence-corrected chi connectivity index (χ1v) is 5.33. The minimum Gasteiger partial charge on any atom is -0.367 e. The molecule has 1 atom stereocenters. The summed E-state index contributed by atoms with van der Waals surface area (Å²) in [5, 5.41) is 13.4. The number of hydrogen-bond acceptors (Lipinski definition) is 5. The molecule has 2 rings (SSSR count). The summed E-state index contributed by atoms with van der Waals surface area (Å²) < 4.78 is 6.57. The summed E-state index contributed by atoms with van der Waals surface area (Å²) >= 11 is 0. The lowest BCUT2D eigenvalue weighted by Gasteiger charge is -2.14. The maximum atomic E-state index is 12.0. The number of hydrogen-bond donors (Lipinski definition) is 1. The van der Waals surface area contributed by atoms with Gasteiger partial charge < -0.3 is 4.74 Å². The predicted octanol–water partition coefficient (Wildman–Crippen LogP) is 0.536. The second-order valence-electron chi connectivity index (χ2n) is 3.64. The van der Waals surface area contributed by atoms with E-state index < -0.39 is 6.10 Å². The van der Waals surface area contributed by atoms with Gasteiger partial charge in [0.05, 0.1) is 0 Å². The van der Waals surface area contributed by atoms with Crippen LogP contribution in [-0.2, 0) is 16.6 Å². The molecule has 7 nitrogen and oxygen atoms in total. The number of aromatic nitrogens is 4. The van der Waals surface area contributed by atoms with Crippen molar-refractivity contribution in [2.75, 3.05) is 12.4 Å². The topological polar surface area (TPSA) is 81.9 Å². The molecule has 0 unspecified atom stereocenters. The van der Waals surface area contributed by atoms with Crippen molar-refractivity contribution in [3.8, 4) is 0 Å². The van der Waals surface area contributed by atoms with E-state index in [-0.39, 0.29) is 11.9 Å². The molecule has 1 amide bonds. The van der Waals surface area contributed by atoms with Crippen LogP contribution in [0.3, 0.4) is 0 Å². The lowest BCUT2D eigenvalue weighted by atomic mass is 10.1. The van der Waals surface area contributed by atoms with Crippen molar-refractivity contribution in [1.29, 1.82) is 0 Å². The maximum Gasteiger partial charge on any atom is 0.260 e. The molecule has 0 saturated carbocycles. The Hall–Kier alpha value is -2.28. The van der Waals surface area contributed by atoms with E-state index in [0.29, 0.717) is 0 Å². The number of nitrogens with zero attached hydrogens (tertiary/aromatic N) is 4. The molecule has 1 aromatic carbocycles. The maximum absolute atomic E-state index is 12.0. The second-order valence-corrected chi connectivity index (χ2v) is 3.64. The summed E-state index contributed by atoms with van der Waals surface area (Å²) in [6.45, 7) is 0. The van der Waals surface area contributed by atoms with Gasteiger partial charge >= 0.3 is 0 Å². The van der Waals surface area contributed by atoms with Gasteiger partial charge in [0.2, 0.25) is 5.95 Å². The summed E-state index contributed by atoms with van der Waals surface area (Å²) in [5.41, 5.74) is 0.771. The van der Waals surface area contributed by atoms with Crippen molar-refractivity contribution >= 4 is 11.9 Å². The largest absolute Gasteiger partial charge is 0.367 e. The van der Waals surface area contributed by atoms with Crippen LogP contribution in [0, 0.1) is 0 Å². The zero-order chi connectivity index (χ0) is 13.0. The zero-order valence-corrected chi connectivity index (χ0v) is 10.1. The SMILES string of the molecule is CO[C@@H](C(=O)Nc1nnnn1C)c1ccccc1. The highest BCUT2D eigenvalue weighted by Gasteiger charge is 2.21. The van der Waals surface area contributed by atoms with Crippen LogP contribution in [0.1, 0.15) is 11.7 Å². The van der Waals surface area contributed by atoms with Crippen LogP contribution in [-0.4, -0.2) is 33.2 Å². The van der Waals surface area contributed by atoms with Gasteiger partial charge in [0, 0.05) is 14.2 Å². The molecule has 0 bridgehead atoms. The molecule has 94 valence electrons. The van der Waals surface area contributed by atoms with Crippen LogP contribution in [0.4, 0.5) is 5.95 Å². The van der Waals surface area contributed by atoms with E-state index in [2.05, 4.69) is 20.8 Å². The van der Waals surface area contributed by atoms with E-state index in [0.717, 1.165) is 5.56 Å². The molecule has 2 aromatic rings. The van der Waals surface area contributed by atoms with Crippen LogP contribution in [0.25, 0.3) is 0 Å². The van der Waals surface area contributed by atoms with Crippen LogP contribution >= 0.6 is 0 Å². The molecule has 1 aromatic heterocycles. The van der Waals surface area contributed by atoms with E-state index in [9.17, 15) is 4.79 Å². The third-order valence-electron chi connectivity index (χ3n) is 2.43. The Morgan fingerprint density at radius 1 is 1.39 bits per heavy atom. The number of aryl methyl sites for hydroxylation is 1. The first-order valence-electron chi connectivity index (χ1n) is 5.33. The molecule has 0 aliphatic rings. The van der Waals surface area contributed by atoms with E-state index in [1.54, 1.807) is 7.05 Å². The molecule has 7 heteroatoms. The van der Waals surface area contributed by atoms with E-state index >= 15 is 0 Å². The standard InChI is InChI=1S/C11H13N5O2/c1-16-11(13-14-15-16)12-10(17)9(18-2)8-6-4-3-5-7-8/h3-7,9H,1-2H3,(H,12,13,15,17)/t9-/m1/s1. The van der Waals surface area contributed by atoms with Gasteiger partial charge in [0.15, 0.2) is 6.10 Å². The van der Waals surface area contributed by atoms with Crippen molar-refractivity contribution in [2.24, 2.45) is 7.05 Å². The molecular weight excluding hydrogens is 234 g/mol. The Morgan fingerprint density at radius 2 is 2.11 bits per heavy atom. The highest BCUT2D eigenvalue weighted by Crippen LogP contribution is 2.17. The minimum atomic E-state index is -0.692. The van der Waals surface area contributed by atoms with Crippen LogP contribution < -0.4 is 5.32 Å². The predicted molar refractivity (Wildman–Crippen MR) is 63.6 cm³/mol. The molecule has 0 aliphatic carbocycles. The van der Waals surface area contributed by atoms with Gasteiger partial charge in [-0.3, -0.25) is 10.1 Å². The first-order chi connectivity index (χ1) is 8.72. The van der Waals surface area contributed by atoms with Crippen molar-refractivity contribution in [2.45, 2.75) is 6.10 Å². The summed E-state index contributed by atoms with van der Waals surface area (Å²) in [5.74, 6) is -0.0421. The molecule has 0 radical (unpaired) electrons. The van der Waals surface area contributed by atoms with Crippen molar-refractivity contribution < 1.29 is 9.53 Å². The Morgan fingerprint density at radius 3 is 2.67 bits per heavy atom. The normalized spacial score (nSPS) is 12.1. The molecular formula is C11H13N5O2. The van der Waals surface area contributed by atoms with Gasteiger partial charge in [-0.2, -0.15) is 0 Å². The fourth-order valence-electron chi connectivity index (χ4n) is 1.53. The summed E-state index contributed by atoms with van der Waals surface area (Å²) in [6, 6.07) is 9.21. The van der Waals surface area contributed by atoms with Crippen molar-refractivity contribution in [1.82, 2.24) is 20.2 Å². The molecule has 18 heavy (non-hydrogen) atoms. The number of ether oxygens (including phenoxy) is 1. The molecule has 1 N–H and O–H groups in total. The van der Waals surface area contributed by atoms with Crippen molar-refractivity contribution in [3.63, 3.8) is 0 Å². The number of anilines is 1. The van der Waals surface area contributed by atoms with E-state index in [1.165, 1.54) is 11.8 Å². The van der Waals surface area contributed by atoms with Gasteiger partial charge in [-0.15, -0.1) is 0 Å². The number of tetrazole rings is 1. The van der Waals surface area contributed by atoms with Crippen molar-refractivity contribution in [3.05, 3.63) is 35.9 Å². The smallest absolute Gasteiger partial charge is 0.260 e. The average Bonchev–Trinajstić information content (AvgIpc) is 2.77. The summed E-state index contributed by atoms with van der Waals surface area (Å²) in [7, 11) is 3.12. The molecule has 0 saturated heterocycles. The van der Waals surface area contributed by atoms with E-state index in [4.69, 9.17) is 4.74 Å². The number of nitrogens with one attached hydrogen (secondary N) is 1.